The molecule has 2 aliphatic heterocycles. The van der Waals surface area contributed by atoms with E-state index in [2.05, 4.69) is 6.58 Å². The third kappa shape index (κ3) is 3.45. The van der Waals surface area contributed by atoms with Crippen LogP contribution < -0.4 is 5.73 Å². The summed E-state index contributed by atoms with van der Waals surface area (Å²) in [5.41, 5.74) is 5.79. The van der Waals surface area contributed by atoms with Gasteiger partial charge in [0.2, 0.25) is 5.91 Å². The van der Waals surface area contributed by atoms with Gasteiger partial charge in [0.1, 0.15) is 6.54 Å². The molecule has 2 heterocycles. The van der Waals surface area contributed by atoms with Gasteiger partial charge >= 0.3 is 17.8 Å². The monoisotopic (exact) mass is 330 g/mol. The molecule has 22 heavy (non-hydrogen) atoms. The molecule has 0 saturated carbocycles. The molecule has 0 spiro atoms. The van der Waals surface area contributed by atoms with Gasteiger partial charge in [-0.2, -0.15) is 0 Å². The zero-order valence-corrected chi connectivity index (χ0v) is 12.9. The zero-order chi connectivity index (χ0) is 15.6. The van der Waals surface area contributed by atoms with Gasteiger partial charge in [-0.15, -0.1) is 19.0 Å². The van der Waals surface area contributed by atoms with E-state index in [0.717, 1.165) is 17.7 Å². The molecule has 2 fully saturated rings. The Labute approximate surface area is 134 Å². The molecular formula is C13H19ClN4O4. The van der Waals surface area contributed by atoms with E-state index in [0.29, 0.717) is 18.0 Å². The third-order valence-electron chi connectivity index (χ3n) is 3.55. The summed E-state index contributed by atoms with van der Waals surface area (Å²) < 4.78 is 0. The first kappa shape index (κ1) is 18.1. The molecule has 8 nitrogen and oxygen atoms in total. The minimum atomic E-state index is -0.975. The van der Waals surface area contributed by atoms with Crippen LogP contribution in [0.4, 0.5) is 4.79 Å². The highest BCUT2D eigenvalue weighted by Gasteiger charge is 2.45. The molecule has 2 saturated heterocycles. The first-order valence-electron chi connectivity index (χ1n) is 6.77. The average Bonchev–Trinajstić information content (AvgIpc) is 2.65. The SMILES string of the molecule is C=CCN1C(=O)C(=O)N(CC(=O)N2CCCC(N)C2)C1=O.Cl. The Bertz CT molecular complexity index is 510. The topological polar surface area (TPSA) is 104 Å². The molecule has 0 aromatic carbocycles. The van der Waals surface area contributed by atoms with E-state index in [1.54, 1.807) is 0 Å². The molecule has 9 heteroatoms. The van der Waals surface area contributed by atoms with Crippen molar-refractivity contribution < 1.29 is 19.2 Å². The van der Waals surface area contributed by atoms with E-state index in [4.69, 9.17) is 5.73 Å². The van der Waals surface area contributed by atoms with Crippen molar-refractivity contribution in [1.82, 2.24) is 14.7 Å². The van der Waals surface area contributed by atoms with Crippen molar-refractivity contribution in [3.8, 4) is 0 Å². The van der Waals surface area contributed by atoms with Gasteiger partial charge in [-0.05, 0) is 12.8 Å². The summed E-state index contributed by atoms with van der Waals surface area (Å²) in [4.78, 5) is 50.5. The van der Waals surface area contributed by atoms with Crippen LogP contribution in [-0.4, -0.2) is 70.7 Å². The number of piperidine rings is 1. The van der Waals surface area contributed by atoms with Gasteiger partial charge in [0.25, 0.3) is 0 Å². The maximum Gasteiger partial charge on any atom is 0.335 e. The number of urea groups is 1. The van der Waals surface area contributed by atoms with Gasteiger partial charge < -0.3 is 10.6 Å². The number of hydrogen-bond donors (Lipinski definition) is 1. The van der Waals surface area contributed by atoms with Gasteiger partial charge in [-0.25, -0.2) is 9.69 Å². The number of hydrogen-bond acceptors (Lipinski definition) is 5. The van der Waals surface area contributed by atoms with Crippen LogP contribution in [0.3, 0.4) is 0 Å². The van der Waals surface area contributed by atoms with Gasteiger partial charge in [0, 0.05) is 25.7 Å². The van der Waals surface area contributed by atoms with Crippen LogP contribution in [0.25, 0.3) is 0 Å². The predicted octanol–water partition coefficient (Wildman–Crippen LogP) is -0.665. The van der Waals surface area contributed by atoms with Crippen LogP contribution in [0.5, 0.6) is 0 Å². The van der Waals surface area contributed by atoms with Gasteiger partial charge in [0.05, 0.1) is 0 Å². The van der Waals surface area contributed by atoms with Crippen molar-refractivity contribution in [3.63, 3.8) is 0 Å². The van der Waals surface area contributed by atoms with Crippen molar-refractivity contribution in [1.29, 1.82) is 0 Å². The number of imide groups is 2. The third-order valence-corrected chi connectivity index (χ3v) is 3.55. The summed E-state index contributed by atoms with van der Waals surface area (Å²) in [5, 5.41) is 0. The lowest BCUT2D eigenvalue weighted by atomic mass is 10.1. The lowest BCUT2D eigenvalue weighted by molar-refractivity contribution is -0.145. The highest BCUT2D eigenvalue weighted by molar-refractivity contribution is 6.45. The largest absolute Gasteiger partial charge is 0.340 e. The number of nitrogens with zero attached hydrogens (tertiary/aromatic N) is 3. The summed E-state index contributed by atoms with van der Waals surface area (Å²) in [6.45, 7) is 3.89. The fraction of sp³-hybridized carbons (Fsp3) is 0.538. The summed E-state index contributed by atoms with van der Waals surface area (Å²) in [6, 6.07) is -0.869. The van der Waals surface area contributed by atoms with Crippen molar-refractivity contribution in [2.45, 2.75) is 18.9 Å². The minimum absolute atomic E-state index is 0. The molecule has 1 unspecified atom stereocenters. The quantitative estimate of drug-likeness (QED) is 0.418. The minimum Gasteiger partial charge on any atom is -0.340 e. The molecule has 0 aromatic rings. The molecule has 1 atom stereocenters. The van der Waals surface area contributed by atoms with Crippen molar-refractivity contribution in [3.05, 3.63) is 12.7 Å². The summed E-state index contributed by atoms with van der Waals surface area (Å²) >= 11 is 0. The second-order valence-corrected chi connectivity index (χ2v) is 5.12. The number of carbonyl (C=O) groups is 4. The Morgan fingerprint density at radius 1 is 1.27 bits per heavy atom. The Hall–Kier alpha value is -1.93. The predicted molar refractivity (Wildman–Crippen MR) is 80.1 cm³/mol. The van der Waals surface area contributed by atoms with Crippen LogP contribution >= 0.6 is 12.4 Å². The van der Waals surface area contributed by atoms with Crippen molar-refractivity contribution in [2.75, 3.05) is 26.2 Å². The number of rotatable bonds is 4. The molecule has 5 amide bonds. The van der Waals surface area contributed by atoms with Gasteiger partial charge in [-0.1, -0.05) is 6.08 Å². The molecule has 122 valence electrons. The Morgan fingerprint density at radius 3 is 2.50 bits per heavy atom. The molecular weight excluding hydrogens is 312 g/mol. The van der Waals surface area contributed by atoms with Crippen LogP contribution in [0.15, 0.2) is 12.7 Å². The molecule has 2 N–H and O–H groups in total. The molecule has 2 aliphatic rings. The van der Waals surface area contributed by atoms with Crippen LogP contribution in [-0.2, 0) is 14.4 Å². The number of carbonyl (C=O) groups excluding carboxylic acids is 4. The number of amides is 5. The number of nitrogens with two attached hydrogens (primary N) is 1. The molecule has 0 aromatic heterocycles. The van der Waals surface area contributed by atoms with E-state index in [1.807, 2.05) is 0 Å². The molecule has 0 radical (unpaired) electrons. The second kappa shape index (κ2) is 7.37. The first-order valence-corrected chi connectivity index (χ1v) is 6.77. The Morgan fingerprint density at radius 2 is 1.91 bits per heavy atom. The van der Waals surface area contributed by atoms with Gasteiger partial charge in [0.15, 0.2) is 0 Å². The van der Waals surface area contributed by atoms with E-state index in [9.17, 15) is 19.2 Å². The fourth-order valence-electron chi connectivity index (χ4n) is 2.45. The lowest BCUT2D eigenvalue weighted by Gasteiger charge is -2.31. The maximum absolute atomic E-state index is 12.1. The van der Waals surface area contributed by atoms with E-state index < -0.39 is 24.4 Å². The Balaban J connectivity index is 0.00000242. The van der Waals surface area contributed by atoms with Gasteiger partial charge in [-0.3, -0.25) is 19.3 Å². The average molecular weight is 331 g/mol. The fourth-order valence-corrected chi connectivity index (χ4v) is 2.45. The summed E-state index contributed by atoms with van der Waals surface area (Å²) in [7, 11) is 0. The standard InChI is InChI=1S/C13H18N4O4.ClH/c1-2-5-16-11(19)12(20)17(13(16)21)8-10(18)15-6-3-4-9(14)7-15;/h2,9H,1,3-8,14H2;1H. The zero-order valence-electron chi connectivity index (χ0n) is 12.1. The molecule has 0 bridgehead atoms. The first-order chi connectivity index (χ1) is 9.95. The smallest absolute Gasteiger partial charge is 0.335 e. The van der Waals surface area contributed by atoms with Crippen LogP contribution in [0, 0.1) is 0 Å². The van der Waals surface area contributed by atoms with E-state index in [-0.39, 0.29) is 30.9 Å². The van der Waals surface area contributed by atoms with E-state index in [1.165, 1.54) is 11.0 Å². The molecule has 0 aliphatic carbocycles. The second-order valence-electron chi connectivity index (χ2n) is 5.12. The number of halogens is 1. The number of likely N-dealkylation sites (tertiary alicyclic amines) is 1. The van der Waals surface area contributed by atoms with Crippen LogP contribution in [0.2, 0.25) is 0 Å². The van der Waals surface area contributed by atoms with Crippen molar-refractivity contribution in [2.24, 2.45) is 5.73 Å². The normalized spacial score (nSPS) is 22.0. The summed E-state index contributed by atoms with van der Waals surface area (Å²) in [6.07, 6.45) is 2.98. The van der Waals surface area contributed by atoms with E-state index >= 15 is 0 Å². The highest BCUT2D eigenvalue weighted by Crippen LogP contribution is 2.14. The maximum atomic E-state index is 12.1. The highest BCUT2D eigenvalue weighted by atomic mass is 35.5. The lowest BCUT2D eigenvalue weighted by Crippen LogP contribution is -2.50. The van der Waals surface area contributed by atoms with Crippen molar-refractivity contribution >= 4 is 36.2 Å². The summed E-state index contributed by atoms with van der Waals surface area (Å²) in [5.74, 6) is -2.28. The molecule has 2 rings (SSSR count). The van der Waals surface area contributed by atoms with Crippen LogP contribution in [0.1, 0.15) is 12.8 Å². The Kier molecular flexibility index (Phi) is 6.07.